The number of allylic oxidation sites excluding steroid dienone is 2. The second-order valence-corrected chi connectivity index (χ2v) is 5.55. The Morgan fingerprint density at radius 2 is 1.83 bits per heavy atom. The van der Waals surface area contributed by atoms with E-state index in [-0.39, 0.29) is 0 Å². The molecule has 0 fully saturated rings. The van der Waals surface area contributed by atoms with E-state index >= 15 is 0 Å². The lowest BCUT2D eigenvalue weighted by Crippen LogP contribution is -2.05. The van der Waals surface area contributed by atoms with Crippen LogP contribution in [0.15, 0.2) is 58.8 Å². The summed E-state index contributed by atoms with van der Waals surface area (Å²) in [5, 5.41) is 0. The SMILES string of the molecule is C/C=C(\C(=NC)c1ccncc1)c1ccc2c(c1)CCC2=NC. The third-order valence-electron chi connectivity index (χ3n) is 4.35. The molecule has 0 spiro atoms. The van der Waals surface area contributed by atoms with Gasteiger partial charge < -0.3 is 0 Å². The summed E-state index contributed by atoms with van der Waals surface area (Å²) in [5.41, 5.74) is 8.35. The van der Waals surface area contributed by atoms with E-state index < -0.39 is 0 Å². The number of hydrogen-bond donors (Lipinski definition) is 0. The minimum Gasteiger partial charge on any atom is -0.292 e. The molecule has 3 nitrogen and oxygen atoms in total. The minimum atomic E-state index is 0.997. The molecule has 0 amide bonds. The van der Waals surface area contributed by atoms with Crippen LogP contribution < -0.4 is 0 Å². The average Bonchev–Trinajstić information content (AvgIpc) is 3.02. The Hall–Kier alpha value is -2.55. The number of nitrogens with zero attached hydrogens (tertiary/aromatic N) is 3. The Kier molecular flexibility index (Phi) is 4.47. The zero-order chi connectivity index (χ0) is 16.2. The largest absolute Gasteiger partial charge is 0.292 e. The molecule has 3 heteroatoms. The van der Waals surface area contributed by atoms with Crippen molar-refractivity contribution in [3.8, 4) is 0 Å². The van der Waals surface area contributed by atoms with Crippen molar-refractivity contribution in [1.29, 1.82) is 0 Å². The smallest absolute Gasteiger partial charge is 0.0719 e. The van der Waals surface area contributed by atoms with Gasteiger partial charge in [-0.25, -0.2) is 0 Å². The zero-order valence-corrected chi connectivity index (χ0v) is 13.9. The van der Waals surface area contributed by atoms with Gasteiger partial charge in [0.25, 0.3) is 0 Å². The lowest BCUT2D eigenvalue weighted by molar-refractivity contribution is 1.09. The highest BCUT2D eigenvalue weighted by Gasteiger charge is 2.19. The third kappa shape index (κ3) is 2.87. The molecule has 0 saturated carbocycles. The predicted molar refractivity (Wildman–Crippen MR) is 97.6 cm³/mol. The van der Waals surface area contributed by atoms with Crippen LogP contribution >= 0.6 is 0 Å². The highest BCUT2D eigenvalue weighted by atomic mass is 14.7. The monoisotopic (exact) mass is 303 g/mol. The summed E-state index contributed by atoms with van der Waals surface area (Å²) in [4.78, 5) is 13.0. The first kappa shape index (κ1) is 15.3. The van der Waals surface area contributed by atoms with Crippen LogP contribution in [0.5, 0.6) is 0 Å². The predicted octanol–water partition coefficient (Wildman–Crippen LogP) is 3.97. The van der Waals surface area contributed by atoms with Gasteiger partial charge >= 0.3 is 0 Å². The van der Waals surface area contributed by atoms with E-state index in [0.29, 0.717) is 0 Å². The van der Waals surface area contributed by atoms with Crippen LogP contribution in [0.25, 0.3) is 5.57 Å². The fourth-order valence-electron chi connectivity index (χ4n) is 3.22. The highest BCUT2D eigenvalue weighted by Crippen LogP contribution is 2.28. The fourth-order valence-corrected chi connectivity index (χ4v) is 3.22. The van der Waals surface area contributed by atoms with Gasteiger partial charge in [-0.3, -0.25) is 15.0 Å². The van der Waals surface area contributed by atoms with Gasteiger partial charge in [0.1, 0.15) is 0 Å². The highest BCUT2D eigenvalue weighted by molar-refractivity contribution is 6.31. The molecular weight excluding hydrogens is 282 g/mol. The first-order valence-electron chi connectivity index (χ1n) is 7.91. The molecular formula is C20H21N3. The topological polar surface area (TPSA) is 37.6 Å². The number of fused-ring (bicyclic) bond motifs is 1. The zero-order valence-electron chi connectivity index (χ0n) is 13.9. The van der Waals surface area contributed by atoms with Crippen LogP contribution in [0.1, 0.15) is 35.6 Å². The number of pyridine rings is 1. The second kappa shape index (κ2) is 6.69. The normalized spacial score (nSPS) is 16.7. The van der Waals surface area contributed by atoms with Crippen molar-refractivity contribution >= 4 is 17.0 Å². The van der Waals surface area contributed by atoms with Gasteiger partial charge in [-0.05, 0) is 48.6 Å². The van der Waals surface area contributed by atoms with Gasteiger partial charge in [-0.15, -0.1) is 0 Å². The van der Waals surface area contributed by atoms with Crippen LogP contribution in [-0.2, 0) is 6.42 Å². The van der Waals surface area contributed by atoms with Gasteiger partial charge in [-0.1, -0.05) is 24.3 Å². The van der Waals surface area contributed by atoms with Gasteiger partial charge in [0.05, 0.1) is 5.71 Å². The molecule has 116 valence electrons. The van der Waals surface area contributed by atoms with Gasteiger partial charge in [-0.2, -0.15) is 0 Å². The summed E-state index contributed by atoms with van der Waals surface area (Å²) in [6.45, 7) is 2.06. The third-order valence-corrected chi connectivity index (χ3v) is 4.35. The van der Waals surface area contributed by atoms with Gasteiger partial charge in [0.15, 0.2) is 0 Å². The molecule has 1 aromatic carbocycles. The van der Waals surface area contributed by atoms with Crippen LogP contribution in [0, 0.1) is 0 Å². The van der Waals surface area contributed by atoms with E-state index in [1.54, 1.807) is 12.4 Å². The van der Waals surface area contributed by atoms with E-state index in [1.807, 2.05) is 26.2 Å². The lowest BCUT2D eigenvalue weighted by Gasteiger charge is -2.12. The molecule has 1 aliphatic rings. The Morgan fingerprint density at radius 1 is 1.04 bits per heavy atom. The number of rotatable bonds is 3. The summed E-state index contributed by atoms with van der Waals surface area (Å²) in [7, 11) is 3.72. The molecule has 0 unspecified atom stereocenters. The van der Waals surface area contributed by atoms with Crippen molar-refractivity contribution in [3.05, 3.63) is 71.1 Å². The Labute approximate surface area is 137 Å². The molecule has 0 N–H and O–H groups in total. The molecule has 23 heavy (non-hydrogen) atoms. The maximum absolute atomic E-state index is 4.53. The maximum atomic E-state index is 4.53. The molecule has 0 bridgehead atoms. The number of aromatic nitrogens is 1. The van der Waals surface area contributed by atoms with Crippen LogP contribution in [0.4, 0.5) is 0 Å². The molecule has 0 saturated heterocycles. The Morgan fingerprint density at radius 3 is 2.48 bits per heavy atom. The van der Waals surface area contributed by atoms with Crippen LogP contribution in [0.3, 0.4) is 0 Å². The van der Waals surface area contributed by atoms with Crippen molar-refractivity contribution in [2.75, 3.05) is 14.1 Å². The molecule has 0 aliphatic heterocycles. The number of benzene rings is 1. The molecule has 3 rings (SSSR count). The lowest BCUT2D eigenvalue weighted by atomic mass is 9.93. The molecule has 2 aromatic rings. The number of aliphatic imine (C=N–C) groups is 2. The Balaban J connectivity index is 2.03. The van der Waals surface area contributed by atoms with E-state index in [0.717, 1.165) is 29.7 Å². The molecule has 0 radical (unpaired) electrons. The van der Waals surface area contributed by atoms with Crippen molar-refractivity contribution in [3.63, 3.8) is 0 Å². The molecule has 1 aromatic heterocycles. The second-order valence-electron chi connectivity index (χ2n) is 5.55. The van der Waals surface area contributed by atoms with Crippen molar-refractivity contribution in [2.24, 2.45) is 9.98 Å². The number of aryl methyl sites for hydroxylation is 1. The van der Waals surface area contributed by atoms with Crippen molar-refractivity contribution < 1.29 is 0 Å². The quantitative estimate of drug-likeness (QED) is 0.791. The van der Waals surface area contributed by atoms with Crippen molar-refractivity contribution in [1.82, 2.24) is 4.98 Å². The van der Waals surface area contributed by atoms with Gasteiger partial charge in [0, 0.05) is 43.3 Å². The molecule has 1 aliphatic carbocycles. The van der Waals surface area contributed by atoms with Crippen LogP contribution in [0.2, 0.25) is 0 Å². The minimum absolute atomic E-state index is 0.997. The average molecular weight is 303 g/mol. The standard InChI is InChI=1S/C20H21N3/c1-4-17(20(22-3)14-9-11-23-12-10-14)15-5-7-18-16(13-15)6-8-19(18)21-2/h4-5,7,9-13H,6,8H2,1-3H3/b17-4-,21-19?,22-20?. The van der Waals surface area contributed by atoms with Crippen LogP contribution in [-0.4, -0.2) is 30.5 Å². The van der Waals surface area contributed by atoms with E-state index in [1.165, 1.54) is 22.4 Å². The summed E-state index contributed by atoms with van der Waals surface area (Å²) in [5.74, 6) is 0. The van der Waals surface area contributed by atoms with E-state index in [9.17, 15) is 0 Å². The molecule has 0 atom stereocenters. The Bertz CT molecular complexity index is 799. The number of hydrogen-bond acceptors (Lipinski definition) is 3. The maximum Gasteiger partial charge on any atom is 0.0719 e. The summed E-state index contributed by atoms with van der Waals surface area (Å²) in [6.07, 6.45) is 7.86. The summed E-state index contributed by atoms with van der Waals surface area (Å²) < 4.78 is 0. The van der Waals surface area contributed by atoms with E-state index in [2.05, 4.69) is 46.2 Å². The first-order chi connectivity index (χ1) is 11.3. The first-order valence-corrected chi connectivity index (χ1v) is 7.91. The van der Waals surface area contributed by atoms with E-state index in [4.69, 9.17) is 0 Å². The summed E-state index contributed by atoms with van der Waals surface area (Å²) in [6, 6.07) is 10.7. The van der Waals surface area contributed by atoms with Gasteiger partial charge in [0.2, 0.25) is 0 Å². The molecule has 1 heterocycles. The fraction of sp³-hybridized carbons (Fsp3) is 0.250. The van der Waals surface area contributed by atoms with Crippen molar-refractivity contribution in [2.45, 2.75) is 19.8 Å². The summed E-state index contributed by atoms with van der Waals surface area (Å²) >= 11 is 0.